The minimum absolute atomic E-state index is 0.191. The summed E-state index contributed by atoms with van der Waals surface area (Å²) in [7, 11) is -3.62. The number of halogens is 2. The molecule has 2 heterocycles. The number of fused-ring (bicyclic) bond motifs is 1. The van der Waals surface area contributed by atoms with Gasteiger partial charge in [-0.15, -0.1) is 0 Å². The van der Waals surface area contributed by atoms with E-state index < -0.39 is 10.0 Å². The zero-order valence-electron chi connectivity index (χ0n) is 20.7. The Morgan fingerprint density at radius 2 is 1.59 bits per heavy atom. The van der Waals surface area contributed by atoms with E-state index in [0.717, 1.165) is 28.0 Å². The van der Waals surface area contributed by atoms with E-state index in [1.807, 2.05) is 60.7 Å². The van der Waals surface area contributed by atoms with Crippen LogP contribution in [0.4, 0.5) is 5.82 Å². The van der Waals surface area contributed by atoms with Crippen LogP contribution in [0.15, 0.2) is 100 Å². The quantitative estimate of drug-likeness (QED) is 0.157. The van der Waals surface area contributed by atoms with Gasteiger partial charge in [0.05, 0.1) is 21.3 Å². The summed E-state index contributed by atoms with van der Waals surface area (Å²) >= 11 is 9.91. The van der Waals surface area contributed by atoms with E-state index in [2.05, 4.69) is 31.1 Å². The molecule has 2 N–H and O–H groups in total. The topological polar surface area (TPSA) is 97.6 Å². The minimum Gasteiger partial charge on any atom is -0.457 e. The first-order chi connectivity index (χ1) is 18.9. The van der Waals surface area contributed by atoms with Gasteiger partial charge in [-0.25, -0.2) is 18.1 Å². The Bertz CT molecular complexity index is 1680. The molecule has 200 valence electrons. The van der Waals surface area contributed by atoms with Gasteiger partial charge in [0.2, 0.25) is 10.0 Å². The van der Waals surface area contributed by atoms with E-state index >= 15 is 0 Å². The van der Waals surface area contributed by atoms with Crippen LogP contribution in [0.5, 0.6) is 11.5 Å². The minimum atomic E-state index is -3.62. The standard InChI is InChI=1S/C28H25BrClN5O3S/c29-24-19-32-35-27(18-26(34-28(24)35)23-10-4-5-11-25(23)30)31-16-6-7-17-33-39(36,37)22-14-12-21(13-15-22)38-20-8-2-1-3-9-20/h1-5,8-15,18-19,31,33H,6-7,16-17H2. The number of hydrogen-bond acceptors (Lipinski definition) is 6. The third-order valence-electron chi connectivity index (χ3n) is 5.89. The van der Waals surface area contributed by atoms with Gasteiger partial charge >= 0.3 is 0 Å². The summed E-state index contributed by atoms with van der Waals surface area (Å²) in [5, 5.41) is 8.40. The van der Waals surface area contributed by atoms with E-state index in [-0.39, 0.29) is 4.90 Å². The first-order valence-corrected chi connectivity index (χ1v) is 14.9. The Hall–Kier alpha value is -3.44. The summed E-state index contributed by atoms with van der Waals surface area (Å²) in [4.78, 5) is 4.90. The van der Waals surface area contributed by atoms with Gasteiger partial charge in [-0.05, 0) is 71.2 Å². The molecule has 11 heteroatoms. The number of benzene rings is 3. The number of anilines is 1. The lowest BCUT2D eigenvalue weighted by molar-refractivity contribution is 0.482. The Kier molecular flexibility index (Phi) is 8.47. The van der Waals surface area contributed by atoms with Gasteiger partial charge in [-0.3, -0.25) is 0 Å². The summed E-state index contributed by atoms with van der Waals surface area (Å²) in [6.45, 7) is 0.933. The predicted octanol–water partition coefficient (Wildman–Crippen LogP) is 6.78. The van der Waals surface area contributed by atoms with Gasteiger partial charge in [0.1, 0.15) is 17.3 Å². The molecule has 0 unspecified atom stereocenters. The zero-order valence-corrected chi connectivity index (χ0v) is 23.9. The van der Waals surface area contributed by atoms with Crippen LogP contribution in [0, 0.1) is 0 Å². The molecule has 0 amide bonds. The first kappa shape index (κ1) is 27.1. The van der Waals surface area contributed by atoms with Gasteiger partial charge in [-0.1, -0.05) is 48.0 Å². The fourth-order valence-electron chi connectivity index (χ4n) is 3.94. The van der Waals surface area contributed by atoms with Crippen LogP contribution < -0.4 is 14.8 Å². The summed E-state index contributed by atoms with van der Waals surface area (Å²) < 4.78 is 36.3. The SMILES string of the molecule is O=S(=O)(NCCCCNc1cc(-c2ccccc2Cl)nc2c(Br)cnn12)c1ccc(Oc2ccccc2)cc1. The number of ether oxygens (including phenoxy) is 1. The molecule has 0 aliphatic rings. The van der Waals surface area contributed by atoms with Crippen molar-refractivity contribution in [1.82, 2.24) is 19.3 Å². The van der Waals surface area contributed by atoms with E-state index in [1.54, 1.807) is 22.8 Å². The Balaban J connectivity index is 1.15. The highest BCUT2D eigenvalue weighted by Crippen LogP contribution is 2.30. The highest BCUT2D eigenvalue weighted by molar-refractivity contribution is 9.10. The Morgan fingerprint density at radius 1 is 0.897 bits per heavy atom. The van der Waals surface area contributed by atoms with Crippen molar-refractivity contribution >= 4 is 49.0 Å². The Morgan fingerprint density at radius 3 is 2.36 bits per heavy atom. The predicted molar refractivity (Wildman–Crippen MR) is 157 cm³/mol. The average Bonchev–Trinajstić information content (AvgIpc) is 3.32. The second-order valence-electron chi connectivity index (χ2n) is 8.65. The number of hydrogen-bond donors (Lipinski definition) is 2. The summed E-state index contributed by atoms with van der Waals surface area (Å²) in [6, 6.07) is 25.1. The van der Waals surface area contributed by atoms with Crippen molar-refractivity contribution in [3.05, 3.63) is 101 Å². The van der Waals surface area contributed by atoms with Gasteiger partial charge in [0, 0.05) is 29.7 Å². The zero-order chi connectivity index (χ0) is 27.2. The molecule has 0 radical (unpaired) electrons. The monoisotopic (exact) mass is 625 g/mol. The summed E-state index contributed by atoms with van der Waals surface area (Å²) in [6.07, 6.45) is 3.08. The van der Waals surface area contributed by atoms with Crippen LogP contribution in [0.3, 0.4) is 0 Å². The molecule has 0 fully saturated rings. The normalized spacial score (nSPS) is 11.5. The fraction of sp³-hybridized carbons (Fsp3) is 0.143. The maximum absolute atomic E-state index is 12.7. The molecule has 0 saturated carbocycles. The van der Waals surface area contributed by atoms with Crippen LogP contribution in [-0.2, 0) is 10.0 Å². The van der Waals surface area contributed by atoms with Crippen LogP contribution in [0.25, 0.3) is 16.9 Å². The van der Waals surface area contributed by atoms with E-state index in [1.165, 1.54) is 12.1 Å². The largest absolute Gasteiger partial charge is 0.457 e. The van der Waals surface area contributed by atoms with Crippen molar-refractivity contribution in [3.63, 3.8) is 0 Å². The van der Waals surface area contributed by atoms with E-state index in [4.69, 9.17) is 21.3 Å². The molecule has 8 nitrogen and oxygen atoms in total. The van der Waals surface area contributed by atoms with Gasteiger partial charge in [0.25, 0.3) is 0 Å². The Labute approximate surface area is 240 Å². The molecular weight excluding hydrogens is 602 g/mol. The maximum atomic E-state index is 12.7. The van der Waals surface area contributed by atoms with Crippen molar-refractivity contribution < 1.29 is 13.2 Å². The van der Waals surface area contributed by atoms with Crippen LogP contribution in [0.2, 0.25) is 5.02 Å². The second-order valence-corrected chi connectivity index (χ2v) is 11.7. The average molecular weight is 627 g/mol. The number of para-hydroxylation sites is 1. The van der Waals surface area contributed by atoms with Crippen molar-refractivity contribution in [2.24, 2.45) is 0 Å². The van der Waals surface area contributed by atoms with Crippen LogP contribution in [-0.4, -0.2) is 36.1 Å². The van der Waals surface area contributed by atoms with Crippen molar-refractivity contribution in [1.29, 1.82) is 0 Å². The van der Waals surface area contributed by atoms with Crippen molar-refractivity contribution in [3.8, 4) is 22.8 Å². The van der Waals surface area contributed by atoms with E-state index in [9.17, 15) is 8.42 Å². The molecule has 0 aliphatic heterocycles. The lowest BCUT2D eigenvalue weighted by atomic mass is 10.1. The number of nitrogens with zero attached hydrogens (tertiary/aromatic N) is 3. The highest BCUT2D eigenvalue weighted by Gasteiger charge is 2.15. The van der Waals surface area contributed by atoms with E-state index in [0.29, 0.717) is 41.7 Å². The van der Waals surface area contributed by atoms with Gasteiger partial charge in [0.15, 0.2) is 5.65 Å². The molecule has 2 aromatic heterocycles. The first-order valence-electron chi connectivity index (χ1n) is 12.3. The molecule has 39 heavy (non-hydrogen) atoms. The molecule has 0 bridgehead atoms. The van der Waals surface area contributed by atoms with Crippen molar-refractivity contribution in [2.45, 2.75) is 17.7 Å². The number of nitrogens with one attached hydrogen (secondary N) is 2. The van der Waals surface area contributed by atoms with Gasteiger partial charge < -0.3 is 10.1 Å². The maximum Gasteiger partial charge on any atom is 0.240 e. The number of sulfonamides is 1. The highest BCUT2D eigenvalue weighted by atomic mass is 79.9. The lowest BCUT2D eigenvalue weighted by Gasteiger charge is -2.12. The molecule has 5 aromatic rings. The third-order valence-corrected chi connectivity index (χ3v) is 8.26. The number of rotatable bonds is 11. The molecule has 0 spiro atoms. The molecule has 3 aromatic carbocycles. The van der Waals surface area contributed by atoms with Crippen LogP contribution in [0.1, 0.15) is 12.8 Å². The number of aromatic nitrogens is 3. The fourth-order valence-corrected chi connectivity index (χ4v) is 5.59. The summed E-state index contributed by atoms with van der Waals surface area (Å²) in [5.41, 5.74) is 2.22. The molecule has 0 aliphatic carbocycles. The molecule has 5 rings (SSSR count). The van der Waals surface area contributed by atoms with Crippen LogP contribution >= 0.6 is 27.5 Å². The van der Waals surface area contributed by atoms with Crippen molar-refractivity contribution in [2.75, 3.05) is 18.4 Å². The number of unbranched alkanes of at least 4 members (excludes halogenated alkanes) is 1. The summed E-state index contributed by atoms with van der Waals surface area (Å²) in [5.74, 6) is 2.02. The molecule has 0 saturated heterocycles. The lowest BCUT2D eigenvalue weighted by Crippen LogP contribution is -2.25. The second kappa shape index (κ2) is 12.2. The molecule has 0 atom stereocenters. The van der Waals surface area contributed by atoms with Gasteiger partial charge in [-0.2, -0.15) is 9.61 Å². The smallest absolute Gasteiger partial charge is 0.240 e. The molecular formula is C28H25BrClN5O3S. The third kappa shape index (κ3) is 6.59.